The van der Waals surface area contributed by atoms with Gasteiger partial charge in [-0.1, -0.05) is 36.0 Å². The van der Waals surface area contributed by atoms with Gasteiger partial charge in [0.1, 0.15) is 0 Å². The summed E-state index contributed by atoms with van der Waals surface area (Å²) < 4.78 is 12.4. The van der Waals surface area contributed by atoms with Crippen LogP contribution in [0.1, 0.15) is 12.5 Å². The van der Waals surface area contributed by atoms with Gasteiger partial charge < -0.3 is 14.4 Å². The van der Waals surface area contributed by atoms with Crippen LogP contribution in [-0.4, -0.2) is 34.5 Å². The number of amides is 1. The Morgan fingerprint density at radius 3 is 2.71 bits per heavy atom. The highest BCUT2D eigenvalue weighted by atomic mass is 32.2. The highest BCUT2D eigenvalue weighted by Gasteiger charge is 2.20. The van der Waals surface area contributed by atoms with E-state index < -0.39 is 0 Å². The second-order valence-electron chi connectivity index (χ2n) is 7.86. The lowest BCUT2D eigenvalue weighted by Gasteiger charge is -2.21. The largest absolute Gasteiger partial charge is 0.454 e. The van der Waals surface area contributed by atoms with E-state index in [4.69, 9.17) is 14.5 Å². The molecule has 5 rings (SSSR count). The van der Waals surface area contributed by atoms with Crippen LogP contribution in [-0.2, 0) is 4.79 Å². The molecule has 1 aliphatic rings. The maximum absolute atomic E-state index is 13.5. The third kappa shape index (κ3) is 4.12. The van der Waals surface area contributed by atoms with Crippen molar-refractivity contribution in [2.75, 3.05) is 24.0 Å². The molecule has 1 aromatic heterocycles. The molecule has 8 heteroatoms. The lowest BCUT2D eigenvalue weighted by atomic mass is 10.2. The Morgan fingerprint density at radius 2 is 1.88 bits per heavy atom. The maximum Gasteiger partial charge on any atom is 0.266 e. The monoisotopic (exact) mass is 473 g/mol. The Balaban J connectivity index is 1.52. The van der Waals surface area contributed by atoms with Crippen molar-refractivity contribution in [3.8, 4) is 17.2 Å². The van der Waals surface area contributed by atoms with Gasteiger partial charge in [0.15, 0.2) is 16.7 Å². The van der Waals surface area contributed by atoms with Crippen molar-refractivity contribution in [1.82, 2.24) is 9.55 Å². The van der Waals surface area contributed by atoms with Gasteiger partial charge in [-0.25, -0.2) is 4.98 Å². The minimum absolute atomic E-state index is 0.0576. The molecule has 0 bridgehead atoms. The molecule has 172 valence electrons. The zero-order valence-corrected chi connectivity index (χ0v) is 19.7. The minimum Gasteiger partial charge on any atom is -0.454 e. The highest BCUT2D eigenvalue weighted by Crippen LogP contribution is 2.34. The van der Waals surface area contributed by atoms with Crippen molar-refractivity contribution in [2.45, 2.75) is 19.0 Å². The van der Waals surface area contributed by atoms with E-state index >= 15 is 0 Å². The van der Waals surface area contributed by atoms with Gasteiger partial charge in [0.05, 0.1) is 22.3 Å². The summed E-state index contributed by atoms with van der Waals surface area (Å²) in [6, 6.07) is 20.4. The molecule has 1 aliphatic heterocycles. The number of hydrogen-bond donors (Lipinski definition) is 0. The van der Waals surface area contributed by atoms with Gasteiger partial charge in [0, 0.05) is 18.3 Å². The van der Waals surface area contributed by atoms with Crippen molar-refractivity contribution in [3.05, 3.63) is 82.6 Å². The number of aromatic nitrogens is 2. The predicted molar refractivity (Wildman–Crippen MR) is 133 cm³/mol. The first-order chi connectivity index (χ1) is 16.5. The Kier molecular flexibility index (Phi) is 5.98. The average Bonchev–Trinajstić information content (AvgIpc) is 3.31. The van der Waals surface area contributed by atoms with Crippen LogP contribution in [0.15, 0.2) is 76.7 Å². The average molecular weight is 474 g/mol. The fraction of sp³-hybridized carbons (Fsp3) is 0.192. The molecule has 0 spiro atoms. The van der Waals surface area contributed by atoms with E-state index in [-0.39, 0.29) is 24.0 Å². The molecule has 0 saturated heterocycles. The van der Waals surface area contributed by atoms with Crippen LogP contribution >= 0.6 is 11.8 Å². The number of carbonyl (C=O) groups is 1. The lowest BCUT2D eigenvalue weighted by Crippen LogP contribution is -2.32. The Bertz CT molecular complexity index is 1450. The van der Waals surface area contributed by atoms with Gasteiger partial charge in [-0.3, -0.25) is 14.2 Å². The summed E-state index contributed by atoms with van der Waals surface area (Å²) in [7, 11) is 0. The second kappa shape index (κ2) is 9.23. The summed E-state index contributed by atoms with van der Waals surface area (Å²) in [5.74, 6) is 1.28. The molecule has 0 fully saturated rings. The summed E-state index contributed by atoms with van der Waals surface area (Å²) in [5, 5.41) is 0.946. The first-order valence-corrected chi connectivity index (χ1v) is 12.0. The zero-order chi connectivity index (χ0) is 23.7. The van der Waals surface area contributed by atoms with Crippen molar-refractivity contribution >= 4 is 34.3 Å². The first-order valence-electron chi connectivity index (χ1n) is 11.0. The van der Waals surface area contributed by atoms with E-state index in [1.165, 1.54) is 16.3 Å². The number of aryl methyl sites for hydroxylation is 1. The maximum atomic E-state index is 13.5. The van der Waals surface area contributed by atoms with Crippen LogP contribution in [0.2, 0.25) is 0 Å². The molecule has 0 aliphatic carbocycles. The number of hydrogen-bond acceptors (Lipinski definition) is 6. The van der Waals surface area contributed by atoms with Gasteiger partial charge in [-0.05, 0) is 55.8 Å². The van der Waals surface area contributed by atoms with Crippen LogP contribution in [0.4, 0.5) is 5.69 Å². The van der Waals surface area contributed by atoms with Crippen molar-refractivity contribution in [1.29, 1.82) is 0 Å². The second-order valence-corrected chi connectivity index (χ2v) is 8.80. The lowest BCUT2D eigenvalue weighted by molar-refractivity contribution is -0.116. The molecule has 3 aromatic carbocycles. The fourth-order valence-corrected chi connectivity index (χ4v) is 4.85. The van der Waals surface area contributed by atoms with Crippen molar-refractivity contribution in [3.63, 3.8) is 0 Å². The molecule has 0 unspecified atom stereocenters. The molecule has 2 heterocycles. The Hall–Kier alpha value is -3.78. The number of nitrogens with zero attached hydrogens (tertiary/aromatic N) is 3. The number of anilines is 1. The van der Waals surface area contributed by atoms with Gasteiger partial charge in [-0.15, -0.1) is 0 Å². The predicted octanol–water partition coefficient (Wildman–Crippen LogP) is 4.57. The van der Waals surface area contributed by atoms with E-state index in [1.807, 2.05) is 50.2 Å². The van der Waals surface area contributed by atoms with Crippen LogP contribution < -0.4 is 19.9 Å². The summed E-state index contributed by atoms with van der Waals surface area (Å²) in [6.45, 7) is 4.63. The Labute approximate surface area is 200 Å². The number of fused-ring (bicyclic) bond motifs is 2. The zero-order valence-electron chi connectivity index (χ0n) is 18.9. The van der Waals surface area contributed by atoms with Crippen molar-refractivity contribution < 1.29 is 14.3 Å². The number of thioether (sulfide) groups is 1. The summed E-state index contributed by atoms with van der Waals surface area (Å²) in [6.07, 6.45) is 0. The quantitative estimate of drug-likeness (QED) is 0.302. The highest BCUT2D eigenvalue weighted by molar-refractivity contribution is 7.99. The summed E-state index contributed by atoms with van der Waals surface area (Å²) in [5.41, 5.74) is 2.93. The molecule has 1 amide bonds. The van der Waals surface area contributed by atoms with Crippen LogP contribution in [0.25, 0.3) is 16.6 Å². The summed E-state index contributed by atoms with van der Waals surface area (Å²) >= 11 is 1.24. The SMILES string of the molecule is CCN(C(=O)CSc1nc2ccccc2c(=O)n1-c1ccc2c(c1)OCO2)c1cccc(C)c1. The smallest absolute Gasteiger partial charge is 0.266 e. The van der Waals surface area contributed by atoms with E-state index in [9.17, 15) is 9.59 Å². The van der Waals surface area contributed by atoms with E-state index in [0.29, 0.717) is 39.8 Å². The van der Waals surface area contributed by atoms with Gasteiger partial charge in [0.25, 0.3) is 5.56 Å². The van der Waals surface area contributed by atoms with E-state index in [2.05, 4.69) is 0 Å². The number of para-hydroxylation sites is 1. The topological polar surface area (TPSA) is 73.7 Å². The van der Waals surface area contributed by atoms with Crippen LogP contribution in [0.3, 0.4) is 0 Å². The van der Waals surface area contributed by atoms with Crippen LogP contribution in [0, 0.1) is 6.92 Å². The molecule has 0 atom stereocenters. The molecule has 0 saturated carbocycles. The molecular formula is C26H23N3O4S. The molecular weight excluding hydrogens is 450 g/mol. The minimum atomic E-state index is -0.203. The number of ether oxygens (including phenoxy) is 2. The Morgan fingerprint density at radius 1 is 1.06 bits per heavy atom. The number of benzene rings is 3. The number of rotatable bonds is 6. The van der Waals surface area contributed by atoms with Crippen LogP contribution in [0.5, 0.6) is 11.5 Å². The fourth-order valence-electron chi connectivity index (χ4n) is 3.96. The van der Waals surface area contributed by atoms with E-state index in [0.717, 1.165) is 11.3 Å². The number of carbonyl (C=O) groups excluding carboxylic acids is 1. The van der Waals surface area contributed by atoms with Crippen molar-refractivity contribution in [2.24, 2.45) is 0 Å². The molecule has 0 radical (unpaired) electrons. The third-order valence-electron chi connectivity index (χ3n) is 5.61. The summed E-state index contributed by atoms with van der Waals surface area (Å²) in [4.78, 5) is 33.1. The first kappa shape index (κ1) is 22.0. The normalized spacial score (nSPS) is 12.2. The molecule has 34 heavy (non-hydrogen) atoms. The van der Waals surface area contributed by atoms with Gasteiger partial charge in [-0.2, -0.15) is 0 Å². The standard InChI is InChI=1S/C26H23N3O4S/c1-3-28(18-8-6-7-17(2)13-18)24(30)15-34-26-27-21-10-5-4-9-20(21)25(31)29(26)19-11-12-22-23(14-19)33-16-32-22/h4-14H,3,15-16H2,1-2H3. The van der Waals surface area contributed by atoms with Gasteiger partial charge >= 0.3 is 0 Å². The molecule has 0 N–H and O–H groups in total. The van der Waals surface area contributed by atoms with Gasteiger partial charge in [0.2, 0.25) is 12.7 Å². The third-order valence-corrected chi connectivity index (χ3v) is 6.54. The molecule has 4 aromatic rings. The molecule has 7 nitrogen and oxygen atoms in total. The van der Waals surface area contributed by atoms with E-state index in [1.54, 1.807) is 35.2 Å².